The highest BCUT2D eigenvalue weighted by Gasteiger charge is 2.25. The van der Waals surface area contributed by atoms with Crippen molar-refractivity contribution in [2.75, 3.05) is 5.75 Å². The van der Waals surface area contributed by atoms with Crippen LogP contribution in [-0.2, 0) is 15.3 Å². The van der Waals surface area contributed by atoms with Gasteiger partial charge in [0.05, 0.1) is 18.0 Å². The zero-order chi connectivity index (χ0) is 14.3. The van der Waals surface area contributed by atoms with E-state index in [1.165, 1.54) is 12.3 Å². The Morgan fingerprint density at radius 1 is 1.47 bits per heavy atom. The molecule has 2 N–H and O–H groups in total. The maximum Gasteiger partial charge on any atom is 0.269 e. The van der Waals surface area contributed by atoms with Crippen molar-refractivity contribution < 1.29 is 13.2 Å². The molecule has 0 aromatic carbocycles. The second-order valence-corrected chi connectivity index (χ2v) is 7.56. The topological polar surface area (TPSA) is 91.9 Å². The summed E-state index contributed by atoms with van der Waals surface area (Å²) < 4.78 is 22.5. The third kappa shape index (κ3) is 3.23. The van der Waals surface area contributed by atoms with Crippen LogP contribution in [0.4, 0.5) is 0 Å². The van der Waals surface area contributed by atoms with Crippen LogP contribution < -0.4 is 5.32 Å². The highest BCUT2D eigenvalue weighted by atomic mass is 32.2. The van der Waals surface area contributed by atoms with E-state index in [4.69, 9.17) is 0 Å². The average molecular weight is 283 g/mol. The molecule has 1 aliphatic rings. The number of imidazole rings is 1. The third-order valence-electron chi connectivity index (χ3n) is 2.78. The molecule has 0 saturated heterocycles. The fraction of sp³-hybridized carbons (Fsp3) is 0.500. The van der Waals surface area contributed by atoms with Gasteiger partial charge in [-0.15, -0.1) is 0 Å². The van der Waals surface area contributed by atoms with Gasteiger partial charge in [-0.1, -0.05) is 20.8 Å². The van der Waals surface area contributed by atoms with Crippen LogP contribution >= 0.6 is 0 Å². The number of hydrogen-bond donors (Lipinski definition) is 2. The predicted octanol–water partition coefficient (Wildman–Crippen LogP) is 0.748. The van der Waals surface area contributed by atoms with Gasteiger partial charge in [-0.3, -0.25) is 4.79 Å². The summed E-state index contributed by atoms with van der Waals surface area (Å²) in [5.41, 5.74) is 0.164. The first-order valence-electron chi connectivity index (χ1n) is 5.95. The van der Waals surface area contributed by atoms with Crippen molar-refractivity contribution >= 4 is 15.7 Å². The number of carbonyl (C=O) groups excluding carboxylic acids is 1. The Bertz CT molecular complexity index is 623. The molecule has 104 valence electrons. The van der Waals surface area contributed by atoms with Crippen LogP contribution in [-0.4, -0.2) is 36.1 Å². The molecule has 0 saturated carbocycles. The van der Waals surface area contributed by atoms with Gasteiger partial charge in [0.2, 0.25) is 0 Å². The molecule has 0 bridgehead atoms. The zero-order valence-electron chi connectivity index (χ0n) is 11.1. The molecule has 19 heavy (non-hydrogen) atoms. The second-order valence-electron chi connectivity index (χ2n) is 5.63. The van der Waals surface area contributed by atoms with Crippen LogP contribution in [0.1, 0.15) is 37.1 Å². The fourth-order valence-corrected chi connectivity index (χ4v) is 2.96. The molecule has 1 aromatic heterocycles. The molecule has 2 rings (SSSR count). The van der Waals surface area contributed by atoms with Crippen LogP contribution in [0.25, 0.3) is 0 Å². The van der Waals surface area contributed by atoms with Crippen molar-refractivity contribution in [3.63, 3.8) is 0 Å². The van der Waals surface area contributed by atoms with Crippen molar-refractivity contribution in [1.82, 2.24) is 15.3 Å². The van der Waals surface area contributed by atoms with E-state index in [-0.39, 0.29) is 17.1 Å². The average Bonchev–Trinajstić information content (AvgIpc) is 2.84. The smallest absolute Gasteiger partial charge is 0.269 e. The van der Waals surface area contributed by atoms with Crippen molar-refractivity contribution in [3.8, 4) is 0 Å². The molecule has 1 amide bonds. The summed E-state index contributed by atoms with van der Waals surface area (Å²) in [6.07, 6.45) is 2.94. The molecule has 1 aromatic rings. The number of nitrogens with one attached hydrogen (secondary N) is 2. The van der Waals surface area contributed by atoms with Gasteiger partial charge >= 0.3 is 0 Å². The van der Waals surface area contributed by atoms with E-state index in [0.717, 1.165) is 5.41 Å². The van der Waals surface area contributed by atoms with Gasteiger partial charge < -0.3 is 10.3 Å². The Kier molecular flexibility index (Phi) is 3.25. The number of aromatic nitrogens is 2. The van der Waals surface area contributed by atoms with Gasteiger partial charge in [0.1, 0.15) is 11.5 Å². The maximum atomic E-state index is 11.9. The minimum absolute atomic E-state index is 0.0843. The normalized spacial score (nSPS) is 21.5. The van der Waals surface area contributed by atoms with Crippen LogP contribution in [0.5, 0.6) is 0 Å². The van der Waals surface area contributed by atoms with E-state index >= 15 is 0 Å². The molecule has 0 aliphatic carbocycles. The molecule has 0 radical (unpaired) electrons. The first-order chi connectivity index (χ1) is 8.67. The van der Waals surface area contributed by atoms with E-state index in [1.807, 2.05) is 20.8 Å². The summed E-state index contributed by atoms with van der Waals surface area (Å²) in [6, 6.07) is -0.473. The van der Waals surface area contributed by atoms with E-state index < -0.39 is 15.9 Å². The maximum absolute atomic E-state index is 11.9. The molecular weight excluding hydrogens is 266 g/mol. The number of hydrogen-bond acceptors (Lipinski definition) is 4. The van der Waals surface area contributed by atoms with Crippen LogP contribution in [0, 0.1) is 0 Å². The lowest BCUT2D eigenvalue weighted by atomic mass is 9.96. The van der Waals surface area contributed by atoms with Gasteiger partial charge in [0.15, 0.2) is 9.84 Å². The van der Waals surface area contributed by atoms with Gasteiger partial charge in [0.25, 0.3) is 5.91 Å². The van der Waals surface area contributed by atoms with Gasteiger partial charge in [-0.05, 0) is 6.08 Å². The van der Waals surface area contributed by atoms with E-state index in [0.29, 0.717) is 11.5 Å². The molecule has 7 heteroatoms. The largest absolute Gasteiger partial charge is 0.343 e. The van der Waals surface area contributed by atoms with Crippen LogP contribution in [0.3, 0.4) is 0 Å². The number of nitrogens with zero attached hydrogens (tertiary/aromatic N) is 1. The highest BCUT2D eigenvalue weighted by Crippen LogP contribution is 2.18. The third-order valence-corrected chi connectivity index (χ3v) is 4.17. The lowest BCUT2D eigenvalue weighted by Crippen LogP contribution is -2.35. The highest BCUT2D eigenvalue weighted by molar-refractivity contribution is 7.94. The zero-order valence-corrected chi connectivity index (χ0v) is 11.9. The minimum Gasteiger partial charge on any atom is -0.343 e. The van der Waals surface area contributed by atoms with Crippen LogP contribution in [0.2, 0.25) is 0 Å². The van der Waals surface area contributed by atoms with Gasteiger partial charge in [-0.25, -0.2) is 13.4 Å². The molecule has 1 aliphatic heterocycles. The lowest BCUT2D eigenvalue weighted by molar-refractivity contribution is 0.0943. The number of rotatable bonds is 2. The van der Waals surface area contributed by atoms with E-state index in [2.05, 4.69) is 15.3 Å². The molecule has 0 fully saturated rings. The summed E-state index contributed by atoms with van der Waals surface area (Å²) in [4.78, 5) is 19.1. The SMILES string of the molecule is CC(C)(C)c1ncc(C(=O)NC2C=CS(=O)(=O)C2)[nH]1. The van der Waals surface area contributed by atoms with Gasteiger partial charge in [-0.2, -0.15) is 0 Å². The summed E-state index contributed by atoms with van der Waals surface area (Å²) in [5, 5.41) is 3.77. The lowest BCUT2D eigenvalue weighted by Gasteiger charge is -2.14. The van der Waals surface area contributed by atoms with E-state index in [1.54, 1.807) is 0 Å². The van der Waals surface area contributed by atoms with Crippen molar-refractivity contribution in [1.29, 1.82) is 0 Å². The first-order valence-corrected chi connectivity index (χ1v) is 7.66. The molecule has 2 heterocycles. The number of carbonyl (C=O) groups is 1. The fourth-order valence-electron chi connectivity index (χ4n) is 1.73. The molecule has 1 atom stereocenters. The van der Waals surface area contributed by atoms with E-state index in [9.17, 15) is 13.2 Å². The van der Waals surface area contributed by atoms with Crippen molar-refractivity contribution in [2.45, 2.75) is 32.2 Å². The number of amides is 1. The Hall–Kier alpha value is -1.63. The van der Waals surface area contributed by atoms with Gasteiger partial charge in [0, 0.05) is 10.8 Å². The quantitative estimate of drug-likeness (QED) is 0.837. The molecule has 0 spiro atoms. The minimum atomic E-state index is -3.16. The second kappa shape index (κ2) is 4.48. The van der Waals surface area contributed by atoms with Crippen molar-refractivity contribution in [2.24, 2.45) is 0 Å². The first kappa shape index (κ1) is 13.8. The number of sulfone groups is 1. The Morgan fingerprint density at radius 2 is 2.16 bits per heavy atom. The monoisotopic (exact) mass is 283 g/mol. The number of H-pyrrole nitrogens is 1. The summed E-state index contributed by atoms with van der Waals surface area (Å²) in [5.74, 6) is 0.279. The number of aromatic amines is 1. The summed E-state index contributed by atoms with van der Waals surface area (Å²) >= 11 is 0. The Morgan fingerprint density at radius 3 is 2.63 bits per heavy atom. The predicted molar refractivity (Wildman–Crippen MR) is 71.5 cm³/mol. The Labute approximate surface area is 112 Å². The standard InChI is InChI=1S/C12H17N3O3S/c1-12(2,3)11-13-6-9(15-11)10(16)14-8-4-5-19(17,18)7-8/h4-6,8H,7H2,1-3H3,(H,13,15)(H,14,16). The van der Waals surface area contributed by atoms with Crippen LogP contribution in [0.15, 0.2) is 17.7 Å². The summed E-state index contributed by atoms with van der Waals surface area (Å²) in [6.45, 7) is 5.96. The molecule has 6 nitrogen and oxygen atoms in total. The Balaban J connectivity index is 2.06. The van der Waals surface area contributed by atoms with Crippen molar-refractivity contribution in [3.05, 3.63) is 29.2 Å². The summed E-state index contributed by atoms with van der Waals surface area (Å²) in [7, 11) is -3.16. The molecule has 1 unspecified atom stereocenters. The molecular formula is C12H17N3O3S.